The van der Waals surface area contributed by atoms with Crippen molar-refractivity contribution < 1.29 is 17.9 Å². The number of amides is 1. The molecule has 2 N–H and O–H groups in total. The van der Waals surface area contributed by atoms with Crippen molar-refractivity contribution in [1.29, 1.82) is 0 Å². The lowest BCUT2D eigenvalue weighted by Gasteiger charge is -2.13. The van der Waals surface area contributed by atoms with Gasteiger partial charge in [0, 0.05) is 16.2 Å². The van der Waals surface area contributed by atoms with Gasteiger partial charge in [-0.05, 0) is 75.2 Å². The van der Waals surface area contributed by atoms with E-state index in [0.29, 0.717) is 11.4 Å². The average molecular weight is 455 g/mol. The number of carbonyl (C=O) groups is 1. The maximum atomic E-state index is 12.1. The Bertz CT molecular complexity index is 902. The fraction of sp³-hybridized carbons (Fsp3) is 0.316. The van der Waals surface area contributed by atoms with Crippen LogP contribution in [0.25, 0.3) is 0 Å². The molecule has 0 saturated heterocycles. The molecule has 0 fully saturated rings. The van der Waals surface area contributed by atoms with Gasteiger partial charge in [0.1, 0.15) is 5.75 Å². The van der Waals surface area contributed by atoms with Crippen LogP contribution in [0.5, 0.6) is 5.75 Å². The fourth-order valence-electron chi connectivity index (χ4n) is 2.56. The number of hydrogen-bond acceptors (Lipinski definition) is 4. The molecule has 8 heteroatoms. The van der Waals surface area contributed by atoms with E-state index in [9.17, 15) is 13.2 Å². The highest BCUT2D eigenvalue weighted by atomic mass is 79.9. The topological polar surface area (TPSA) is 84.5 Å². The van der Waals surface area contributed by atoms with Gasteiger partial charge in [-0.3, -0.25) is 4.79 Å². The van der Waals surface area contributed by atoms with E-state index in [1.54, 1.807) is 26.0 Å². The maximum Gasteiger partial charge on any atom is 0.262 e. The molecule has 2 aromatic carbocycles. The van der Waals surface area contributed by atoms with Gasteiger partial charge in [0.15, 0.2) is 6.61 Å². The molecule has 1 amide bonds. The Morgan fingerprint density at radius 3 is 2.19 bits per heavy atom. The number of anilines is 1. The first-order valence-electron chi connectivity index (χ1n) is 8.40. The molecule has 0 atom stereocenters. The summed E-state index contributed by atoms with van der Waals surface area (Å²) in [5.74, 6) is 0.349. The standard InChI is InChI=1S/C19H23BrN2O4S/c1-12(2)22-27(24,25)17-7-5-16(6-8-17)21-18(23)11-26-19-13(3)9-15(20)10-14(19)4/h5-10,12,22H,11H2,1-4H3,(H,21,23). The predicted octanol–water partition coefficient (Wildman–Crippen LogP) is 3.77. The van der Waals surface area contributed by atoms with Crippen LogP contribution in [-0.2, 0) is 14.8 Å². The van der Waals surface area contributed by atoms with E-state index in [0.717, 1.165) is 15.6 Å². The largest absolute Gasteiger partial charge is 0.483 e. The molecule has 0 bridgehead atoms. The van der Waals surface area contributed by atoms with Gasteiger partial charge in [0.2, 0.25) is 10.0 Å². The van der Waals surface area contributed by atoms with Crippen LogP contribution in [0.15, 0.2) is 45.8 Å². The molecule has 6 nitrogen and oxygen atoms in total. The van der Waals surface area contributed by atoms with Crippen molar-refractivity contribution >= 4 is 37.5 Å². The van der Waals surface area contributed by atoms with E-state index in [1.807, 2.05) is 26.0 Å². The lowest BCUT2D eigenvalue weighted by atomic mass is 10.1. The molecule has 0 aliphatic heterocycles. The van der Waals surface area contributed by atoms with Crippen LogP contribution in [0.2, 0.25) is 0 Å². The summed E-state index contributed by atoms with van der Waals surface area (Å²) in [6.45, 7) is 7.19. The Morgan fingerprint density at radius 2 is 1.67 bits per heavy atom. The third kappa shape index (κ3) is 6.05. The number of hydrogen-bond donors (Lipinski definition) is 2. The monoisotopic (exact) mass is 454 g/mol. The van der Waals surface area contributed by atoms with Gasteiger partial charge in [0.05, 0.1) is 4.90 Å². The quantitative estimate of drug-likeness (QED) is 0.666. The molecule has 0 unspecified atom stereocenters. The van der Waals surface area contributed by atoms with Crippen LogP contribution in [0.3, 0.4) is 0 Å². The van der Waals surface area contributed by atoms with Crippen molar-refractivity contribution in [3.63, 3.8) is 0 Å². The second kappa shape index (κ2) is 8.86. The minimum atomic E-state index is -3.56. The van der Waals surface area contributed by atoms with Gasteiger partial charge in [0.25, 0.3) is 5.91 Å². The van der Waals surface area contributed by atoms with Crippen molar-refractivity contribution in [3.8, 4) is 5.75 Å². The van der Waals surface area contributed by atoms with E-state index in [1.165, 1.54) is 12.1 Å². The fourth-order valence-corrected chi connectivity index (χ4v) is 4.49. The smallest absolute Gasteiger partial charge is 0.262 e. The van der Waals surface area contributed by atoms with Crippen molar-refractivity contribution in [2.45, 2.75) is 38.6 Å². The Labute approximate surface area is 168 Å². The molecule has 2 rings (SSSR count). The number of benzene rings is 2. The SMILES string of the molecule is Cc1cc(Br)cc(C)c1OCC(=O)Nc1ccc(S(=O)(=O)NC(C)C)cc1. The highest BCUT2D eigenvalue weighted by Gasteiger charge is 2.15. The minimum Gasteiger partial charge on any atom is -0.483 e. The molecule has 146 valence electrons. The summed E-state index contributed by atoms with van der Waals surface area (Å²) in [6, 6.07) is 9.63. The first kappa shape index (κ1) is 21.4. The number of nitrogens with one attached hydrogen (secondary N) is 2. The normalized spacial score (nSPS) is 11.5. The van der Waals surface area contributed by atoms with Gasteiger partial charge in [-0.2, -0.15) is 0 Å². The van der Waals surface area contributed by atoms with Crippen LogP contribution < -0.4 is 14.8 Å². The Kier molecular flexibility index (Phi) is 7.02. The van der Waals surface area contributed by atoms with Gasteiger partial charge in [-0.25, -0.2) is 13.1 Å². The average Bonchev–Trinajstić information content (AvgIpc) is 2.53. The van der Waals surface area contributed by atoms with Crippen molar-refractivity contribution in [3.05, 3.63) is 52.0 Å². The van der Waals surface area contributed by atoms with Gasteiger partial charge in [-0.1, -0.05) is 15.9 Å². The Morgan fingerprint density at radius 1 is 1.11 bits per heavy atom. The molecule has 0 saturated carbocycles. The van der Waals surface area contributed by atoms with E-state index in [-0.39, 0.29) is 23.5 Å². The summed E-state index contributed by atoms with van der Waals surface area (Å²) in [7, 11) is -3.56. The van der Waals surface area contributed by atoms with Crippen molar-refractivity contribution in [2.24, 2.45) is 0 Å². The number of rotatable bonds is 7. The number of sulfonamides is 1. The number of carbonyl (C=O) groups excluding carboxylic acids is 1. The van der Waals surface area contributed by atoms with Crippen LogP contribution in [0, 0.1) is 13.8 Å². The van der Waals surface area contributed by atoms with Crippen LogP contribution in [0.1, 0.15) is 25.0 Å². The zero-order valence-electron chi connectivity index (χ0n) is 15.7. The summed E-state index contributed by atoms with van der Waals surface area (Å²) in [5, 5.41) is 2.69. The molecule has 0 radical (unpaired) electrons. The van der Waals surface area contributed by atoms with E-state index < -0.39 is 10.0 Å². The number of ether oxygens (including phenoxy) is 1. The highest BCUT2D eigenvalue weighted by Crippen LogP contribution is 2.27. The zero-order valence-corrected chi connectivity index (χ0v) is 18.1. The third-order valence-electron chi connectivity index (χ3n) is 3.61. The summed E-state index contributed by atoms with van der Waals surface area (Å²) in [5.41, 5.74) is 2.36. The van der Waals surface area contributed by atoms with Gasteiger partial charge >= 0.3 is 0 Å². The highest BCUT2D eigenvalue weighted by molar-refractivity contribution is 9.10. The first-order valence-corrected chi connectivity index (χ1v) is 10.7. The molecule has 2 aromatic rings. The Balaban J connectivity index is 1.99. The van der Waals surface area contributed by atoms with Gasteiger partial charge < -0.3 is 10.1 Å². The Hall–Kier alpha value is -1.90. The van der Waals surface area contributed by atoms with E-state index in [4.69, 9.17) is 4.74 Å². The molecular formula is C19H23BrN2O4S. The zero-order chi connectivity index (χ0) is 20.2. The van der Waals surface area contributed by atoms with Crippen LogP contribution in [-0.4, -0.2) is 27.0 Å². The minimum absolute atomic E-state index is 0.141. The predicted molar refractivity (Wildman–Crippen MR) is 110 cm³/mol. The van der Waals surface area contributed by atoms with Crippen LogP contribution >= 0.6 is 15.9 Å². The summed E-state index contributed by atoms with van der Waals surface area (Å²) < 4.78 is 33.3. The first-order chi connectivity index (χ1) is 12.6. The third-order valence-corrected chi connectivity index (χ3v) is 5.74. The maximum absolute atomic E-state index is 12.1. The molecule has 0 spiro atoms. The molecule has 0 aliphatic carbocycles. The van der Waals surface area contributed by atoms with Crippen molar-refractivity contribution in [1.82, 2.24) is 4.72 Å². The lowest BCUT2D eigenvalue weighted by Crippen LogP contribution is -2.30. The number of halogens is 1. The second-order valence-corrected chi connectivity index (χ2v) is 9.14. The van der Waals surface area contributed by atoms with Gasteiger partial charge in [-0.15, -0.1) is 0 Å². The molecular weight excluding hydrogens is 432 g/mol. The lowest BCUT2D eigenvalue weighted by molar-refractivity contribution is -0.118. The summed E-state index contributed by atoms with van der Waals surface area (Å²) >= 11 is 3.42. The number of aryl methyl sites for hydroxylation is 2. The molecule has 27 heavy (non-hydrogen) atoms. The van der Waals surface area contributed by atoms with E-state index in [2.05, 4.69) is 26.0 Å². The molecule has 0 heterocycles. The van der Waals surface area contributed by atoms with E-state index >= 15 is 0 Å². The van der Waals surface area contributed by atoms with Crippen molar-refractivity contribution in [2.75, 3.05) is 11.9 Å². The second-order valence-electron chi connectivity index (χ2n) is 6.51. The summed E-state index contributed by atoms with van der Waals surface area (Å²) in [4.78, 5) is 12.3. The molecule has 0 aromatic heterocycles. The molecule has 0 aliphatic rings. The summed E-state index contributed by atoms with van der Waals surface area (Å²) in [6.07, 6.45) is 0. The van der Waals surface area contributed by atoms with Crippen LogP contribution in [0.4, 0.5) is 5.69 Å².